The fourth-order valence-corrected chi connectivity index (χ4v) is 4.53. The topological polar surface area (TPSA) is 18.5 Å². The van der Waals surface area contributed by atoms with E-state index in [1.807, 2.05) is 6.92 Å². The lowest BCUT2D eigenvalue weighted by Crippen LogP contribution is -2.31. The Morgan fingerprint density at radius 2 is 1.47 bits per heavy atom. The van der Waals surface area contributed by atoms with Crippen molar-refractivity contribution in [2.75, 3.05) is 13.2 Å². The molecule has 7 heteroatoms. The van der Waals surface area contributed by atoms with E-state index >= 15 is 0 Å². The van der Waals surface area contributed by atoms with Gasteiger partial charge < -0.3 is 9.47 Å². The summed E-state index contributed by atoms with van der Waals surface area (Å²) in [6.07, 6.45) is 3.75. The molecule has 0 N–H and O–H groups in total. The lowest BCUT2D eigenvalue weighted by molar-refractivity contribution is -0.0843. The molecule has 36 heavy (non-hydrogen) atoms. The second-order valence-corrected chi connectivity index (χ2v) is 8.78. The van der Waals surface area contributed by atoms with Crippen molar-refractivity contribution in [2.45, 2.75) is 44.8 Å². The monoisotopic (exact) mass is 502 g/mol. The van der Waals surface area contributed by atoms with Gasteiger partial charge in [0.05, 0.1) is 18.8 Å². The number of hydrogen-bond acceptors (Lipinski definition) is 2. The van der Waals surface area contributed by atoms with Crippen molar-refractivity contribution in [3.05, 3.63) is 89.3 Å². The first kappa shape index (κ1) is 26.0. The van der Waals surface area contributed by atoms with E-state index in [0.29, 0.717) is 25.2 Å². The minimum absolute atomic E-state index is 0.0596. The van der Waals surface area contributed by atoms with Crippen LogP contribution >= 0.6 is 0 Å². The molecular weight excluding hydrogens is 475 g/mol. The number of halogens is 5. The minimum Gasteiger partial charge on any atom is -0.376 e. The highest BCUT2D eigenvalue weighted by molar-refractivity contribution is 5.73. The maximum atomic E-state index is 15.0. The molecule has 0 amide bonds. The number of hydrogen-bond donors (Lipinski definition) is 0. The van der Waals surface area contributed by atoms with E-state index in [-0.39, 0.29) is 35.3 Å². The van der Waals surface area contributed by atoms with Crippen LogP contribution in [0.2, 0.25) is 0 Å². The van der Waals surface area contributed by atoms with Gasteiger partial charge in [0.1, 0.15) is 5.82 Å². The largest absolute Gasteiger partial charge is 0.376 e. The predicted molar refractivity (Wildman–Crippen MR) is 130 cm³/mol. The highest BCUT2D eigenvalue weighted by Gasteiger charge is 2.24. The van der Waals surface area contributed by atoms with Crippen LogP contribution in [0, 0.1) is 29.1 Å². The van der Waals surface area contributed by atoms with Crippen molar-refractivity contribution >= 4 is 6.08 Å². The average molecular weight is 503 g/mol. The van der Waals surface area contributed by atoms with E-state index in [2.05, 4.69) is 6.58 Å². The standard InChI is InChI=1S/C29H27F5O2/c1-3-17-5-11-21(25(30)15-17)22-13-14-24(29(34)28(22)33)23-12-7-18(26(31)27(23)32)6-8-19-9-10-20(16-36-19)35-4-2/h3,5,7,11-15,19-20H,1,4,6,8-10,16H2,2H3. The van der Waals surface area contributed by atoms with E-state index in [1.165, 1.54) is 30.3 Å². The van der Waals surface area contributed by atoms with Crippen LogP contribution in [0.5, 0.6) is 0 Å². The quantitative estimate of drug-likeness (QED) is 0.292. The Morgan fingerprint density at radius 1 is 0.861 bits per heavy atom. The van der Waals surface area contributed by atoms with Crippen LogP contribution in [0.25, 0.3) is 28.3 Å². The molecule has 0 aliphatic carbocycles. The molecule has 0 spiro atoms. The van der Waals surface area contributed by atoms with Gasteiger partial charge in [-0.05, 0) is 49.8 Å². The highest BCUT2D eigenvalue weighted by Crippen LogP contribution is 2.35. The molecule has 1 heterocycles. The van der Waals surface area contributed by atoms with Crippen LogP contribution in [0.4, 0.5) is 22.0 Å². The molecule has 3 aromatic carbocycles. The summed E-state index contributed by atoms with van der Waals surface area (Å²) in [5, 5.41) is 0. The van der Waals surface area contributed by atoms with Crippen molar-refractivity contribution in [3.8, 4) is 22.3 Å². The zero-order valence-corrected chi connectivity index (χ0v) is 19.9. The molecule has 1 fully saturated rings. The molecule has 1 saturated heterocycles. The van der Waals surface area contributed by atoms with Crippen LogP contribution in [-0.4, -0.2) is 25.4 Å². The van der Waals surface area contributed by atoms with Crippen molar-refractivity contribution < 1.29 is 31.4 Å². The zero-order chi connectivity index (χ0) is 25.8. The lowest BCUT2D eigenvalue weighted by atomic mass is 9.95. The molecule has 2 unspecified atom stereocenters. The Hall–Kier alpha value is -3.03. The van der Waals surface area contributed by atoms with Gasteiger partial charge in [-0.2, -0.15) is 0 Å². The molecule has 190 valence electrons. The normalized spacial score (nSPS) is 17.8. The molecule has 0 saturated carbocycles. The van der Waals surface area contributed by atoms with Crippen molar-refractivity contribution in [2.24, 2.45) is 0 Å². The Bertz CT molecular complexity index is 1250. The third-order valence-corrected chi connectivity index (χ3v) is 6.52. The van der Waals surface area contributed by atoms with Crippen LogP contribution in [0.1, 0.15) is 37.3 Å². The molecule has 0 radical (unpaired) electrons. The fraction of sp³-hybridized carbons (Fsp3) is 0.310. The smallest absolute Gasteiger partial charge is 0.167 e. The number of aryl methyl sites for hydroxylation is 1. The van der Waals surface area contributed by atoms with Crippen LogP contribution in [0.3, 0.4) is 0 Å². The van der Waals surface area contributed by atoms with E-state index in [1.54, 1.807) is 0 Å². The zero-order valence-electron chi connectivity index (χ0n) is 19.9. The fourth-order valence-electron chi connectivity index (χ4n) is 4.53. The van der Waals surface area contributed by atoms with Crippen LogP contribution < -0.4 is 0 Å². The molecule has 4 rings (SSSR count). The van der Waals surface area contributed by atoms with Crippen LogP contribution in [-0.2, 0) is 15.9 Å². The summed E-state index contributed by atoms with van der Waals surface area (Å²) < 4.78 is 85.4. The predicted octanol–water partition coefficient (Wildman–Crippen LogP) is 7.88. The summed E-state index contributed by atoms with van der Waals surface area (Å²) in [4.78, 5) is 0. The molecule has 1 aliphatic heterocycles. The Labute approximate surface area is 207 Å². The summed E-state index contributed by atoms with van der Waals surface area (Å²) in [7, 11) is 0. The summed E-state index contributed by atoms with van der Waals surface area (Å²) >= 11 is 0. The molecule has 0 bridgehead atoms. The number of ether oxygens (including phenoxy) is 2. The summed E-state index contributed by atoms with van der Waals surface area (Å²) in [5.74, 6) is -5.85. The molecule has 2 nitrogen and oxygen atoms in total. The van der Waals surface area contributed by atoms with Gasteiger partial charge in [-0.1, -0.05) is 49.1 Å². The van der Waals surface area contributed by atoms with Crippen LogP contribution in [0.15, 0.2) is 49.0 Å². The van der Waals surface area contributed by atoms with E-state index in [9.17, 15) is 22.0 Å². The van der Waals surface area contributed by atoms with E-state index < -0.39 is 40.2 Å². The Balaban J connectivity index is 1.53. The van der Waals surface area contributed by atoms with Crippen molar-refractivity contribution in [1.82, 2.24) is 0 Å². The molecule has 0 aromatic heterocycles. The second kappa shape index (κ2) is 11.4. The van der Waals surface area contributed by atoms with Gasteiger partial charge in [-0.3, -0.25) is 0 Å². The Kier molecular flexibility index (Phi) is 8.21. The summed E-state index contributed by atoms with van der Waals surface area (Å²) in [6, 6.07) is 8.86. The first-order chi connectivity index (χ1) is 17.3. The van der Waals surface area contributed by atoms with Gasteiger partial charge in [-0.25, -0.2) is 22.0 Å². The Morgan fingerprint density at radius 3 is 2.06 bits per heavy atom. The van der Waals surface area contributed by atoms with Crippen molar-refractivity contribution in [1.29, 1.82) is 0 Å². The van der Waals surface area contributed by atoms with Gasteiger partial charge in [0.25, 0.3) is 0 Å². The maximum Gasteiger partial charge on any atom is 0.167 e. The third-order valence-electron chi connectivity index (χ3n) is 6.52. The molecule has 3 aromatic rings. The number of benzene rings is 3. The number of rotatable bonds is 8. The maximum absolute atomic E-state index is 15.0. The summed E-state index contributed by atoms with van der Waals surface area (Å²) in [5.41, 5.74) is -0.705. The third kappa shape index (κ3) is 5.37. The van der Waals surface area contributed by atoms with Crippen molar-refractivity contribution in [3.63, 3.8) is 0 Å². The SMILES string of the molecule is C=Cc1ccc(-c2ccc(-c3ccc(CCC4CCC(OCC)CO4)c(F)c3F)c(F)c2F)c(F)c1. The molecule has 2 atom stereocenters. The molecule has 1 aliphatic rings. The van der Waals surface area contributed by atoms with E-state index in [0.717, 1.165) is 31.0 Å². The van der Waals surface area contributed by atoms with Gasteiger partial charge in [-0.15, -0.1) is 0 Å². The average Bonchev–Trinajstić information content (AvgIpc) is 2.88. The minimum atomic E-state index is -1.38. The summed E-state index contributed by atoms with van der Waals surface area (Å²) in [6.45, 7) is 6.54. The van der Waals surface area contributed by atoms with Gasteiger partial charge in [0, 0.05) is 28.9 Å². The second-order valence-electron chi connectivity index (χ2n) is 8.78. The molecular formula is C29H27F5O2. The van der Waals surface area contributed by atoms with E-state index in [4.69, 9.17) is 9.47 Å². The first-order valence-electron chi connectivity index (χ1n) is 11.9. The van der Waals surface area contributed by atoms with Gasteiger partial charge in [0.2, 0.25) is 0 Å². The first-order valence-corrected chi connectivity index (χ1v) is 11.9. The van der Waals surface area contributed by atoms with Gasteiger partial charge >= 0.3 is 0 Å². The van der Waals surface area contributed by atoms with Gasteiger partial charge in [0.15, 0.2) is 23.3 Å². The lowest BCUT2D eigenvalue weighted by Gasteiger charge is -2.29. The highest BCUT2D eigenvalue weighted by atomic mass is 19.2.